The van der Waals surface area contributed by atoms with Crippen LogP contribution in [0.2, 0.25) is 0 Å². The Morgan fingerprint density at radius 3 is 2.76 bits per heavy atom. The van der Waals surface area contributed by atoms with Crippen molar-refractivity contribution in [3.8, 4) is 0 Å². The average Bonchev–Trinajstić information content (AvgIpc) is 2.75. The molecule has 1 fully saturated rings. The van der Waals surface area contributed by atoms with Crippen LogP contribution in [-0.4, -0.2) is 36.6 Å². The fourth-order valence-corrected chi connectivity index (χ4v) is 2.75. The Balaban J connectivity index is 2.02. The number of ether oxygens (including phenoxy) is 1. The van der Waals surface area contributed by atoms with Crippen LogP contribution >= 0.6 is 0 Å². The predicted molar refractivity (Wildman–Crippen MR) is 84.0 cm³/mol. The van der Waals surface area contributed by atoms with E-state index < -0.39 is 0 Å². The highest BCUT2D eigenvalue weighted by molar-refractivity contribution is 5.84. The molecular weight excluding hydrogens is 264 g/mol. The van der Waals surface area contributed by atoms with E-state index in [1.54, 1.807) is 0 Å². The second-order valence-corrected chi connectivity index (χ2v) is 5.65. The maximum Gasteiger partial charge on any atom is 0.241 e. The van der Waals surface area contributed by atoms with Crippen LogP contribution in [0.3, 0.4) is 0 Å². The van der Waals surface area contributed by atoms with Crippen molar-refractivity contribution in [1.29, 1.82) is 0 Å². The van der Waals surface area contributed by atoms with Gasteiger partial charge in [-0.05, 0) is 37.8 Å². The van der Waals surface area contributed by atoms with E-state index in [9.17, 15) is 4.79 Å². The summed E-state index contributed by atoms with van der Waals surface area (Å²) in [5.41, 5.74) is 2.40. The molecule has 1 aromatic carbocycles. The zero-order valence-electron chi connectivity index (χ0n) is 13.3. The molecule has 2 unspecified atom stereocenters. The van der Waals surface area contributed by atoms with Crippen LogP contribution in [0.15, 0.2) is 24.3 Å². The lowest BCUT2D eigenvalue weighted by Gasteiger charge is -2.25. The Kier molecular flexibility index (Phi) is 5.76. The minimum atomic E-state index is -0.119. The molecule has 4 heteroatoms. The predicted octanol–water partition coefficient (Wildman–Crippen LogP) is 2.63. The number of benzene rings is 1. The van der Waals surface area contributed by atoms with E-state index in [1.165, 1.54) is 11.1 Å². The number of nitrogens with zero attached hydrogens (tertiary/aromatic N) is 1. The SMILES string of the molecule is CCCOCCCN1C(=O)C(C)NC1c1ccccc1C. The maximum absolute atomic E-state index is 12.3. The average molecular weight is 290 g/mol. The van der Waals surface area contributed by atoms with Gasteiger partial charge in [-0.2, -0.15) is 0 Å². The number of hydrogen-bond acceptors (Lipinski definition) is 3. The zero-order chi connectivity index (χ0) is 15.2. The normalized spacial score (nSPS) is 22.0. The maximum atomic E-state index is 12.3. The number of aryl methyl sites for hydroxylation is 1. The van der Waals surface area contributed by atoms with Gasteiger partial charge < -0.3 is 9.64 Å². The summed E-state index contributed by atoms with van der Waals surface area (Å²) in [6.07, 6.45) is 1.90. The first-order valence-electron chi connectivity index (χ1n) is 7.85. The molecule has 0 spiro atoms. The molecule has 21 heavy (non-hydrogen) atoms. The fraction of sp³-hybridized carbons (Fsp3) is 0.588. The van der Waals surface area contributed by atoms with Gasteiger partial charge in [-0.15, -0.1) is 0 Å². The van der Waals surface area contributed by atoms with E-state index in [1.807, 2.05) is 24.0 Å². The van der Waals surface area contributed by atoms with Crippen molar-refractivity contribution in [2.75, 3.05) is 19.8 Å². The van der Waals surface area contributed by atoms with Crippen molar-refractivity contribution in [3.63, 3.8) is 0 Å². The van der Waals surface area contributed by atoms with Gasteiger partial charge in [-0.3, -0.25) is 10.1 Å². The van der Waals surface area contributed by atoms with Gasteiger partial charge in [0.2, 0.25) is 5.91 Å². The first-order valence-corrected chi connectivity index (χ1v) is 7.85. The van der Waals surface area contributed by atoms with E-state index in [0.29, 0.717) is 6.61 Å². The van der Waals surface area contributed by atoms with Crippen LogP contribution in [-0.2, 0) is 9.53 Å². The third-order valence-electron chi connectivity index (χ3n) is 3.89. The van der Waals surface area contributed by atoms with Crippen LogP contribution in [0.25, 0.3) is 0 Å². The summed E-state index contributed by atoms with van der Waals surface area (Å²) >= 11 is 0. The topological polar surface area (TPSA) is 41.6 Å². The largest absolute Gasteiger partial charge is 0.381 e. The molecule has 1 amide bonds. The van der Waals surface area contributed by atoms with Gasteiger partial charge in [0.05, 0.1) is 6.04 Å². The van der Waals surface area contributed by atoms with E-state index in [-0.39, 0.29) is 18.1 Å². The van der Waals surface area contributed by atoms with Crippen LogP contribution in [0.4, 0.5) is 0 Å². The van der Waals surface area contributed by atoms with Crippen molar-refractivity contribution >= 4 is 5.91 Å². The quantitative estimate of drug-likeness (QED) is 0.785. The minimum Gasteiger partial charge on any atom is -0.381 e. The Morgan fingerprint density at radius 1 is 1.29 bits per heavy atom. The van der Waals surface area contributed by atoms with Crippen LogP contribution in [0.1, 0.15) is 44.0 Å². The lowest BCUT2D eigenvalue weighted by Crippen LogP contribution is -2.32. The van der Waals surface area contributed by atoms with Gasteiger partial charge >= 0.3 is 0 Å². The molecule has 0 aliphatic carbocycles. The van der Waals surface area contributed by atoms with Gasteiger partial charge in [-0.1, -0.05) is 31.2 Å². The molecule has 4 nitrogen and oxygen atoms in total. The molecule has 116 valence electrons. The van der Waals surface area contributed by atoms with Crippen LogP contribution < -0.4 is 5.32 Å². The van der Waals surface area contributed by atoms with Crippen molar-refractivity contribution in [2.24, 2.45) is 0 Å². The third kappa shape index (κ3) is 3.83. The first kappa shape index (κ1) is 16.0. The molecule has 0 aromatic heterocycles. The summed E-state index contributed by atoms with van der Waals surface area (Å²) in [6, 6.07) is 8.12. The number of rotatable bonds is 7. The van der Waals surface area contributed by atoms with Crippen LogP contribution in [0.5, 0.6) is 0 Å². The first-order chi connectivity index (χ1) is 10.1. The Hall–Kier alpha value is -1.39. The van der Waals surface area contributed by atoms with E-state index >= 15 is 0 Å². The molecule has 1 heterocycles. The molecule has 1 aromatic rings. The summed E-state index contributed by atoms with van der Waals surface area (Å²) in [4.78, 5) is 14.3. The molecule has 2 atom stereocenters. The van der Waals surface area contributed by atoms with Crippen molar-refractivity contribution in [3.05, 3.63) is 35.4 Å². The fourth-order valence-electron chi connectivity index (χ4n) is 2.75. The summed E-state index contributed by atoms with van der Waals surface area (Å²) in [6.45, 7) is 8.37. The van der Waals surface area contributed by atoms with E-state index in [4.69, 9.17) is 4.74 Å². The molecule has 1 N–H and O–H groups in total. The molecule has 1 aliphatic rings. The van der Waals surface area contributed by atoms with E-state index in [0.717, 1.165) is 26.0 Å². The summed E-state index contributed by atoms with van der Waals surface area (Å²) < 4.78 is 5.51. The molecule has 0 saturated carbocycles. The summed E-state index contributed by atoms with van der Waals surface area (Å²) in [5, 5.41) is 3.40. The molecule has 0 bridgehead atoms. The van der Waals surface area contributed by atoms with Gasteiger partial charge in [0.25, 0.3) is 0 Å². The highest BCUT2D eigenvalue weighted by Gasteiger charge is 2.36. The van der Waals surface area contributed by atoms with Crippen molar-refractivity contribution in [1.82, 2.24) is 10.2 Å². The second-order valence-electron chi connectivity index (χ2n) is 5.65. The molecule has 2 rings (SSSR count). The summed E-state index contributed by atoms with van der Waals surface area (Å²) in [5.74, 6) is 0.179. The molecule has 1 aliphatic heterocycles. The Bertz CT molecular complexity index is 476. The minimum absolute atomic E-state index is 0.0140. The molecule has 1 saturated heterocycles. The highest BCUT2D eigenvalue weighted by Crippen LogP contribution is 2.27. The monoisotopic (exact) mass is 290 g/mol. The second kappa shape index (κ2) is 7.57. The highest BCUT2D eigenvalue weighted by atomic mass is 16.5. The lowest BCUT2D eigenvalue weighted by molar-refractivity contribution is -0.130. The van der Waals surface area contributed by atoms with Gasteiger partial charge in [-0.25, -0.2) is 0 Å². The molecular formula is C17H26N2O2. The third-order valence-corrected chi connectivity index (χ3v) is 3.89. The van der Waals surface area contributed by atoms with E-state index in [2.05, 4.69) is 31.3 Å². The van der Waals surface area contributed by atoms with Gasteiger partial charge in [0.1, 0.15) is 6.17 Å². The Labute approximate surface area is 127 Å². The standard InChI is InChI=1S/C17H26N2O2/c1-4-11-21-12-7-10-19-16(18-14(3)17(19)20)15-9-6-5-8-13(15)2/h5-6,8-9,14,16,18H,4,7,10-12H2,1-3H3. The van der Waals surface area contributed by atoms with Crippen LogP contribution in [0, 0.1) is 6.92 Å². The Morgan fingerprint density at radius 2 is 2.05 bits per heavy atom. The smallest absolute Gasteiger partial charge is 0.241 e. The summed E-state index contributed by atoms with van der Waals surface area (Å²) in [7, 11) is 0. The number of hydrogen-bond donors (Lipinski definition) is 1. The lowest BCUT2D eigenvalue weighted by atomic mass is 10.1. The molecule has 0 radical (unpaired) electrons. The van der Waals surface area contributed by atoms with Crippen molar-refractivity contribution in [2.45, 2.75) is 45.8 Å². The zero-order valence-corrected chi connectivity index (χ0v) is 13.3. The number of carbonyl (C=O) groups excluding carboxylic acids is 1. The van der Waals surface area contributed by atoms with Gasteiger partial charge in [0.15, 0.2) is 0 Å². The van der Waals surface area contributed by atoms with Gasteiger partial charge in [0, 0.05) is 19.8 Å². The number of amides is 1. The van der Waals surface area contributed by atoms with Crippen molar-refractivity contribution < 1.29 is 9.53 Å². The number of nitrogens with one attached hydrogen (secondary N) is 1. The number of carbonyl (C=O) groups is 1.